The molecule has 0 aromatic heterocycles. The molecule has 3 heteroatoms. The Morgan fingerprint density at radius 2 is 2.05 bits per heavy atom. The fraction of sp³-hybridized carbons (Fsp3) is 0.625. The highest BCUT2D eigenvalue weighted by Gasteiger charge is 2.16. The van der Waals surface area contributed by atoms with E-state index in [0.29, 0.717) is 12.6 Å². The van der Waals surface area contributed by atoms with Crippen molar-refractivity contribution < 1.29 is 0 Å². The zero-order valence-electron chi connectivity index (χ0n) is 12.5. The van der Waals surface area contributed by atoms with Gasteiger partial charge in [0, 0.05) is 23.3 Å². The van der Waals surface area contributed by atoms with Gasteiger partial charge in [0.2, 0.25) is 0 Å². The summed E-state index contributed by atoms with van der Waals surface area (Å²) in [5.74, 6) is 0. The quantitative estimate of drug-likeness (QED) is 0.772. The molecular weight excluding hydrogens is 256 g/mol. The van der Waals surface area contributed by atoms with Crippen molar-refractivity contribution in [1.29, 1.82) is 0 Å². The van der Waals surface area contributed by atoms with E-state index in [1.165, 1.54) is 24.1 Å². The summed E-state index contributed by atoms with van der Waals surface area (Å²) in [6, 6.07) is 6.70. The first kappa shape index (κ1) is 16.3. The normalized spacial score (nSPS) is 12.5. The molecule has 2 N–H and O–H groups in total. The second-order valence-electron chi connectivity index (χ2n) is 5.12. The van der Waals surface area contributed by atoms with E-state index in [1.807, 2.05) is 6.07 Å². The molecule has 2 nitrogen and oxygen atoms in total. The van der Waals surface area contributed by atoms with Crippen LogP contribution in [0, 0.1) is 0 Å². The summed E-state index contributed by atoms with van der Waals surface area (Å²) in [7, 11) is 0. The van der Waals surface area contributed by atoms with Gasteiger partial charge in [0.05, 0.1) is 0 Å². The van der Waals surface area contributed by atoms with Gasteiger partial charge in [-0.1, -0.05) is 37.9 Å². The molecule has 1 atom stereocenters. The van der Waals surface area contributed by atoms with Crippen molar-refractivity contribution in [2.45, 2.75) is 52.5 Å². The van der Waals surface area contributed by atoms with Crippen LogP contribution in [0.2, 0.25) is 5.02 Å². The number of hydrogen-bond donors (Lipinski definition) is 1. The molecule has 0 aliphatic rings. The number of unbranched alkanes of at least 4 members (excludes halogenated alkanes) is 1. The standard InChI is InChI=1S/C16H27ClN2/c1-4-6-11-19(13(3)5-2)16-12-15(17)8-7-14(16)9-10-18/h7-8,12-13H,4-6,9-11,18H2,1-3H3. The summed E-state index contributed by atoms with van der Waals surface area (Å²) in [5.41, 5.74) is 8.30. The van der Waals surface area contributed by atoms with E-state index in [-0.39, 0.29) is 0 Å². The van der Waals surface area contributed by atoms with Gasteiger partial charge in [-0.15, -0.1) is 0 Å². The predicted molar refractivity (Wildman–Crippen MR) is 86.2 cm³/mol. The lowest BCUT2D eigenvalue weighted by Crippen LogP contribution is -2.34. The average molecular weight is 283 g/mol. The lowest BCUT2D eigenvalue weighted by atomic mass is 10.1. The topological polar surface area (TPSA) is 29.3 Å². The highest BCUT2D eigenvalue weighted by molar-refractivity contribution is 6.30. The Balaban J connectivity index is 3.07. The molecule has 0 aliphatic carbocycles. The summed E-state index contributed by atoms with van der Waals surface area (Å²) < 4.78 is 0. The van der Waals surface area contributed by atoms with E-state index >= 15 is 0 Å². The van der Waals surface area contributed by atoms with Crippen LogP contribution in [-0.4, -0.2) is 19.1 Å². The van der Waals surface area contributed by atoms with Crippen LogP contribution in [0.25, 0.3) is 0 Å². The summed E-state index contributed by atoms with van der Waals surface area (Å²) in [4.78, 5) is 2.49. The molecule has 19 heavy (non-hydrogen) atoms. The molecule has 1 rings (SSSR count). The molecule has 0 bridgehead atoms. The zero-order valence-corrected chi connectivity index (χ0v) is 13.2. The van der Waals surface area contributed by atoms with Crippen LogP contribution in [0.4, 0.5) is 5.69 Å². The van der Waals surface area contributed by atoms with E-state index in [4.69, 9.17) is 17.3 Å². The first-order valence-corrected chi connectivity index (χ1v) is 7.76. The van der Waals surface area contributed by atoms with Crippen LogP contribution in [0.5, 0.6) is 0 Å². The van der Waals surface area contributed by atoms with Crippen LogP contribution in [-0.2, 0) is 6.42 Å². The third kappa shape index (κ3) is 4.70. The maximum atomic E-state index is 6.19. The second kappa shape index (κ2) is 8.44. The molecule has 0 spiro atoms. The fourth-order valence-corrected chi connectivity index (χ4v) is 2.46. The van der Waals surface area contributed by atoms with E-state index in [9.17, 15) is 0 Å². The maximum Gasteiger partial charge on any atom is 0.0426 e. The number of halogens is 1. The lowest BCUT2D eigenvalue weighted by Gasteiger charge is -2.33. The smallest absolute Gasteiger partial charge is 0.0426 e. The van der Waals surface area contributed by atoms with Crippen molar-refractivity contribution in [1.82, 2.24) is 0 Å². The number of anilines is 1. The monoisotopic (exact) mass is 282 g/mol. The summed E-state index contributed by atoms with van der Waals surface area (Å²) in [5, 5.41) is 0.806. The Bertz CT molecular complexity index is 379. The molecule has 108 valence electrons. The highest BCUT2D eigenvalue weighted by atomic mass is 35.5. The van der Waals surface area contributed by atoms with E-state index in [1.54, 1.807) is 0 Å². The molecule has 0 saturated carbocycles. The van der Waals surface area contributed by atoms with Gasteiger partial charge in [0.25, 0.3) is 0 Å². The SMILES string of the molecule is CCCCN(c1cc(Cl)ccc1CCN)C(C)CC. The Hall–Kier alpha value is -0.730. The van der Waals surface area contributed by atoms with Crippen molar-refractivity contribution >= 4 is 17.3 Å². The summed E-state index contributed by atoms with van der Waals surface area (Å²) in [6.07, 6.45) is 4.46. The predicted octanol–water partition coefficient (Wildman–Crippen LogP) is 4.25. The van der Waals surface area contributed by atoms with E-state index in [2.05, 4.69) is 37.8 Å². The molecule has 0 heterocycles. The summed E-state index contributed by atoms with van der Waals surface area (Å²) in [6.45, 7) is 8.51. The van der Waals surface area contributed by atoms with Gasteiger partial charge in [-0.25, -0.2) is 0 Å². The zero-order chi connectivity index (χ0) is 14.3. The first-order valence-electron chi connectivity index (χ1n) is 7.39. The maximum absolute atomic E-state index is 6.19. The van der Waals surface area contributed by atoms with Crippen LogP contribution in [0.1, 0.15) is 45.6 Å². The van der Waals surface area contributed by atoms with Gasteiger partial charge in [0.1, 0.15) is 0 Å². The Morgan fingerprint density at radius 1 is 1.32 bits per heavy atom. The van der Waals surface area contributed by atoms with E-state index in [0.717, 1.165) is 24.4 Å². The van der Waals surface area contributed by atoms with Gasteiger partial charge in [-0.05, 0) is 50.4 Å². The lowest BCUT2D eigenvalue weighted by molar-refractivity contribution is 0.593. The first-order chi connectivity index (χ1) is 9.13. The van der Waals surface area contributed by atoms with Crippen LogP contribution in [0.15, 0.2) is 18.2 Å². The molecule has 0 aliphatic heterocycles. The Labute approximate surface area is 122 Å². The third-order valence-electron chi connectivity index (χ3n) is 3.65. The van der Waals surface area contributed by atoms with Crippen LogP contribution in [0.3, 0.4) is 0 Å². The molecular formula is C16H27ClN2. The number of benzene rings is 1. The van der Waals surface area contributed by atoms with Crippen molar-refractivity contribution in [2.24, 2.45) is 5.73 Å². The minimum Gasteiger partial charge on any atom is -0.369 e. The third-order valence-corrected chi connectivity index (χ3v) is 3.88. The van der Waals surface area contributed by atoms with Gasteiger partial charge < -0.3 is 10.6 Å². The van der Waals surface area contributed by atoms with Crippen molar-refractivity contribution in [2.75, 3.05) is 18.0 Å². The van der Waals surface area contributed by atoms with Crippen molar-refractivity contribution in [3.63, 3.8) is 0 Å². The molecule has 0 fully saturated rings. The largest absolute Gasteiger partial charge is 0.369 e. The van der Waals surface area contributed by atoms with Crippen molar-refractivity contribution in [3.05, 3.63) is 28.8 Å². The number of rotatable bonds is 8. The summed E-state index contributed by atoms with van der Waals surface area (Å²) >= 11 is 6.19. The molecule has 0 amide bonds. The molecule has 1 aromatic rings. The minimum atomic E-state index is 0.529. The highest BCUT2D eigenvalue weighted by Crippen LogP contribution is 2.28. The molecule has 1 aromatic carbocycles. The minimum absolute atomic E-state index is 0.529. The van der Waals surface area contributed by atoms with Gasteiger partial charge in [0.15, 0.2) is 0 Å². The van der Waals surface area contributed by atoms with E-state index < -0.39 is 0 Å². The Kier molecular flexibility index (Phi) is 7.25. The number of nitrogens with zero attached hydrogens (tertiary/aromatic N) is 1. The van der Waals surface area contributed by atoms with Crippen LogP contribution >= 0.6 is 11.6 Å². The average Bonchev–Trinajstić information content (AvgIpc) is 2.41. The van der Waals surface area contributed by atoms with Crippen molar-refractivity contribution in [3.8, 4) is 0 Å². The van der Waals surface area contributed by atoms with Gasteiger partial charge in [-0.3, -0.25) is 0 Å². The number of nitrogens with two attached hydrogens (primary N) is 1. The van der Waals surface area contributed by atoms with Gasteiger partial charge >= 0.3 is 0 Å². The fourth-order valence-electron chi connectivity index (χ4n) is 2.30. The molecule has 0 saturated heterocycles. The second-order valence-corrected chi connectivity index (χ2v) is 5.55. The Morgan fingerprint density at radius 3 is 2.63 bits per heavy atom. The molecule has 1 unspecified atom stereocenters. The van der Waals surface area contributed by atoms with Gasteiger partial charge in [-0.2, -0.15) is 0 Å². The molecule has 0 radical (unpaired) electrons. The number of hydrogen-bond acceptors (Lipinski definition) is 2. The van der Waals surface area contributed by atoms with Crippen LogP contribution < -0.4 is 10.6 Å².